The second kappa shape index (κ2) is 7.55. The Labute approximate surface area is 159 Å². The largest absolute Gasteiger partial charge is 0.379 e. The number of anilines is 2. The van der Waals surface area contributed by atoms with Crippen LogP contribution < -0.4 is 16.3 Å². The van der Waals surface area contributed by atoms with Gasteiger partial charge in [0, 0.05) is 5.75 Å². The Bertz CT molecular complexity index is 906. The number of benzene rings is 2. The van der Waals surface area contributed by atoms with Gasteiger partial charge in [-0.1, -0.05) is 30.0 Å². The topological polar surface area (TPSA) is 111 Å². The van der Waals surface area contributed by atoms with Gasteiger partial charge in [0.1, 0.15) is 11.5 Å². The van der Waals surface area contributed by atoms with Gasteiger partial charge in [0.25, 0.3) is 5.91 Å². The van der Waals surface area contributed by atoms with E-state index >= 15 is 0 Å². The number of halogens is 1. The van der Waals surface area contributed by atoms with Gasteiger partial charge in [-0.25, -0.2) is 4.39 Å². The van der Waals surface area contributed by atoms with Crippen LogP contribution in [0.25, 0.3) is 0 Å². The van der Waals surface area contributed by atoms with E-state index in [0.29, 0.717) is 5.17 Å². The van der Waals surface area contributed by atoms with Crippen LogP contribution in [0, 0.1) is 5.82 Å². The van der Waals surface area contributed by atoms with Gasteiger partial charge in [0.15, 0.2) is 5.17 Å². The van der Waals surface area contributed by atoms with Crippen LogP contribution in [0.1, 0.15) is 29.3 Å². The second-order valence-corrected chi connectivity index (χ2v) is 7.39. The first-order valence-electron chi connectivity index (χ1n) is 8.16. The normalized spacial score (nSPS) is 19.3. The number of nitrogens with two attached hydrogens (primary N) is 1. The fourth-order valence-electron chi connectivity index (χ4n) is 2.88. The minimum atomic E-state index is -0.679. The lowest BCUT2D eigenvalue weighted by molar-refractivity contribution is 0.0286. The highest BCUT2D eigenvalue weighted by Gasteiger charge is 2.30. The lowest BCUT2D eigenvalue weighted by Gasteiger charge is -2.30. The van der Waals surface area contributed by atoms with Crippen molar-refractivity contribution in [2.75, 3.05) is 16.3 Å². The van der Waals surface area contributed by atoms with Crippen molar-refractivity contribution >= 4 is 34.2 Å². The smallest absolute Gasteiger partial charge is 0.258 e. The molecule has 7 nitrogen and oxygen atoms in total. The molecular weight excluding hydrogens is 371 g/mol. The maximum atomic E-state index is 14.3. The van der Waals surface area contributed by atoms with Gasteiger partial charge < -0.3 is 11.1 Å². The van der Waals surface area contributed by atoms with Crippen molar-refractivity contribution in [1.29, 1.82) is 0 Å². The van der Waals surface area contributed by atoms with Gasteiger partial charge >= 0.3 is 0 Å². The molecule has 1 aliphatic rings. The van der Waals surface area contributed by atoms with E-state index in [1.807, 2.05) is 6.92 Å². The second-order valence-electron chi connectivity index (χ2n) is 6.28. The average molecular weight is 390 g/mol. The highest BCUT2D eigenvalue weighted by atomic mass is 32.2. The number of hydrogen-bond acceptors (Lipinski definition) is 7. The summed E-state index contributed by atoms with van der Waals surface area (Å²) in [5.41, 5.74) is 5.79. The van der Waals surface area contributed by atoms with Crippen LogP contribution in [0.15, 0.2) is 47.5 Å². The van der Waals surface area contributed by atoms with E-state index in [1.165, 1.54) is 42.1 Å². The third kappa shape index (κ3) is 4.05. The van der Waals surface area contributed by atoms with Crippen molar-refractivity contribution in [3.63, 3.8) is 0 Å². The Kier molecular flexibility index (Phi) is 5.36. The van der Waals surface area contributed by atoms with Crippen molar-refractivity contribution < 1.29 is 19.6 Å². The fourth-order valence-corrected chi connectivity index (χ4v) is 3.86. The summed E-state index contributed by atoms with van der Waals surface area (Å²) in [7, 11) is 0. The minimum absolute atomic E-state index is 0.0187. The monoisotopic (exact) mass is 390 g/mol. The maximum Gasteiger partial charge on any atom is 0.258 e. The lowest BCUT2D eigenvalue weighted by atomic mass is 9.89. The minimum Gasteiger partial charge on any atom is -0.379 e. The van der Waals surface area contributed by atoms with E-state index < -0.39 is 17.3 Å². The fraction of sp³-hybridized carbons (Fsp3) is 0.222. The molecule has 0 spiro atoms. The summed E-state index contributed by atoms with van der Waals surface area (Å²) in [6.07, 6.45) is 0.726. The molecule has 3 rings (SSSR count). The molecule has 0 aliphatic carbocycles. The first-order chi connectivity index (χ1) is 12.8. The third-order valence-corrected chi connectivity index (χ3v) is 5.19. The molecule has 0 bridgehead atoms. The summed E-state index contributed by atoms with van der Waals surface area (Å²) in [6, 6.07) is 10.3. The van der Waals surface area contributed by atoms with Gasteiger partial charge in [-0.2, -0.15) is 0 Å². The van der Waals surface area contributed by atoms with Gasteiger partial charge in [-0.05, 0) is 43.2 Å². The Morgan fingerprint density at radius 2 is 2.07 bits per heavy atom. The number of carbonyl (C=O) groups is 1. The summed E-state index contributed by atoms with van der Waals surface area (Å²) in [6.45, 7) is 1.91. The summed E-state index contributed by atoms with van der Waals surface area (Å²) < 4.78 is 14.3. The van der Waals surface area contributed by atoms with Crippen molar-refractivity contribution in [3.05, 3.63) is 59.4 Å². The molecule has 0 saturated heterocycles. The Balaban J connectivity index is 1.92. The van der Waals surface area contributed by atoms with Gasteiger partial charge in [-0.3, -0.25) is 20.2 Å². The molecule has 27 heavy (non-hydrogen) atoms. The predicted octanol–water partition coefficient (Wildman–Crippen LogP) is 3.33. The van der Waals surface area contributed by atoms with Crippen molar-refractivity contribution in [3.8, 4) is 0 Å². The van der Waals surface area contributed by atoms with Gasteiger partial charge in [0.05, 0.1) is 16.8 Å². The van der Waals surface area contributed by atoms with Crippen LogP contribution in [-0.2, 0) is 5.54 Å². The van der Waals surface area contributed by atoms with E-state index in [1.54, 1.807) is 12.1 Å². The number of nitrogens with zero attached hydrogens (tertiary/aromatic N) is 2. The SMILES string of the molecule is CC1(c2ccc(F)c(NC(=O)c3ccccc3N(O)O)c2)CCSC(N)=N1. The van der Waals surface area contributed by atoms with E-state index in [2.05, 4.69) is 10.3 Å². The number of nitrogens with one attached hydrogen (secondary N) is 1. The van der Waals surface area contributed by atoms with E-state index in [9.17, 15) is 19.6 Å². The lowest BCUT2D eigenvalue weighted by Crippen LogP contribution is -2.29. The number of carbonyl (C=O) groups excluding carboxylic acids is 1. The summed E-state index contributed by atoms with van der Waals surface area (Å²) >= 11 is 1.47. The molecule has 5 N–H and O–H groups in total. The van der Waals surface area contributed by atoms with Crippen molar-refractivity contribution in [2.45, 2.75) is 18.9 Å². The van der Waals surface area contributed by atoms with Gasteiger partial charge in [0.2, 0.25) is 0 Å². The summed E-state index contributed by atoms with van der Waals surface area (Å²) in [5.74, 6) is -0.497. The molecule has 9 heteroatoms. The zero-order chi connectivity index (χ0) is 19.6. The first-order valence-corrected chi connectivity index (χ1v) is 9.15. The Hall–Kier alpha value is -2.62. The maximum absolute atomic E-state index is 14.3. The van der Waals surface area contributed by atoms with Crippen molar-refractivity contribution in [1.82, 2.24) is 0 Å². The summed E-state index contributed by atoms with van der Waals surface area (Å²) in [4.78, 5) is 17.0. The van der Waals surface area contributed by atoms with E-state index in [0.717, 1.165) is 17.7 Å². The number of rotatable bonds is 4. The standard InChI is InChI=1S/C18H19FN4O3S/c1-18(8-9-27-17(20)22-18)11-6-7-13(19)14(10-11)21-16(24)12-4-2-3-5-15(12)23(25)26/h2-7,10,25-26H,8-9H2,1H3,(H2,20,22)(H,21,24). The molecule has 0 fully saturated rings. The molecule has 0 radical (unpaired) electrons. The Morgan fingerprint density at radius 3 is 2.78 bits per heavy atom. The highest BCUT2D eigenvalue weighted by Crippen LogP contribution is 2.36. The molecule has 1 heterocycles. The van der Waals surface area contributed by atoms with Crippen LogP contribution in [0.3, 0.4) is 0 Å². The summed E-state index contributed by atoms with van der Waals surface area (Å²) in [5, 5.41) is 21.3. The highest BCUT2D eigenvalue weighted by molar-refractivity contribution is 8.13. The number of para-hydroxylation sites is 1. The quantitative estimate of drug-likeness (QED) is 0.596. The molecule has 1 atom stereocenters. The predicted molar refractivity (Wildman–Crippen MR) is 103 cm³/mol. The number of amidine groups is 1. The number of amides is 1. The third-order valence-electron chi connectivity index (χ3n) is 4.40. The molecule has 2 aromatic rings. The number of aliphatic imine (C=N–C) groups is 1. The number of thioether (sulfide) groups is 1. The van der Waals surface area contributed by atoms with E-state index in [4.69, 9.17) is 5.73 Å². The molecule has 1 amide bonds. The molecule has 1 aliphatic heterocycles. The zero-order valence-corrected chi connectivity index (χ0v) is 15.3. The molecular formula is C18H19FN4O3S. The Morgan fingerprint density at radius 1 is 1.33 bits per heavy atom. The molecule has 142 valence electrons. The van der Waals surface area contributed by atoms with Crippen molar-refractivity contribution in [2.24, 2.45) is 10.7 Å². The van der Waals surface area contributed by atoms with Gasteiger partial charge in [-0.15, -0.1) is 5.23 Å². The molecule has 2 aromatic carbocycles. The zero-order valence-electron chi connectivity index (χ0n) is 14.5. The molecule has 0 aromatic heterocycles. The van der Waals surface area contributed by atoms with E-state index in [-0.39, 0.29) is 22.2 Å². The molecule has 0 saturated carbocycles. The number of hydrogen-bond donors (Lipinski definition) is 4. The van der Waals surface area contributed by atoms with Crippen LogP contribution in [0.4, 0.5) is 15.8 Å². The first kappa shape index (κ1) is 19.2. The van der Waals surface area contributed by atoms with Crippen LogP contribution in [0.2, 0.25) is 0 Å². The molecule has 1 unspecified atom stereocenters. The van der Waals surface area contributed by atoms with Crippen LogP contribution in [-0.4, -0.2) is 27.2 Å². The van der Waals surface area contributed by atoms with Crippen LogP contribution >= 0.6 is 11.8 Å². The average Bonchev–Trinajstić information content (AvgIpc) is 2.63. The van der Waals surface area contributed by atoms with Crippen LogP contribution in [0.5, 0.6) is 0 Å².